The molecule has 1 saturated heterocycles. The molecule has 1 aromatic rings. The quantitative estimate of drug-likeness (QED) is 0.772. The second kappa shape index (κ2) is 6.66. The minimum Gasteiger partial charge on any atom is -0.301 e. The van der Waals surface area contributed by atoms with Crippen LogP contribution in [0.25, 0.3) is 0 Å². The standard InChI is InChI=1S/C13H20N2.CH4/c1-2-14-8-10-15(11-9-14)12-13-6-4-3-5-7-13;/h3-7H,2,8-12H2,1H3;1H4. The van der Waals surface area contributed by atoms with Gasteiger partial charge >= 0.3 is 0 Å². The first kappa shape index (κ1) is 13.2. The van der Waals surface area contributed by atoms with E-state index in [0.717, 1.165) is 6.54 Å². The largest absolute Gasteiger partial charge is 0.301 e. The van der Waals surface area contributed by atoms with Gasteiger partial charge in [-0.2, -0.15) is 0 Å². The minimum atomic E-state index is 0. The van der Waals surface area contributed by atoms with Crippen molar-refractivity contribution in [1.82, 2.24) is 9.80 Å². The Balaban J connectivity index is 0.00000128. The Bertz CT molecular complexity index is 276. The second-order valence-corrected chi connectivity index (χ2v) is 4.20. The summed E-state index contributed by atoms with van der Waals surface area (Å²) in [5.41, 5.74) is 1.43. The summed E-state index contributed by atoms with van der Waals surface area (Å²) in [7, 11) is 0. The maximum Gasteiger partial charge on any atom is 0.0234 e. The summed E-state index contributed by atoms with van der Waals surface area (Å²) < 4.78 is 0. The van der Waals surface area contributed by atoms with Crippen LogP contribution >= 0.6 is 0 Å². The highest BCUT2D eigenvalue weighted by Gasteiger charge is 2.14. The predicted molar refractivity (Wildman–Crippen MR) is 70.6 cm³/mol. The molecule has 0 radical (unpaired) electrons. The molecular weight excluding hydrogens is 196 g/mol. The SMILES string of the molecule is C.CCN1CCN(Cc2ccccc2)CC1. The van der Waals surface area contributed by atoms with Crippen molar-refractivity contribution in [2.45, 2.75) is 20.9 Å². The Morgan fingerprint density at radius 1 is 0.938 bits per heavy atom. The molecule has 0 atom stereocenters. The van der Waals surface area contributed by atoms with Crippen LogP contribution in [-0.4, -0.2) is 42.5 Å². The summed E-state index contributed by atoms with van der Waals surface area (Å²) in [6.07, 6.45) is 0. The van der Waals surface area contributed by atoms with E-state index >= 15 is 0 Å². The van der Waals surface area contributed by atoms with Crippen molar-refractivity contribution in [3.63, 3.8) is 0 Å². The Hall–Kier alpha value is -0.860. The average molecular weight is 220 g/mol. The Morgan fingerprint density at radius 2 is 1.50 bits per heavy atom. The van der Waals surface area contributed by atoms with Gasteiger partial charge < -0.3 is 4.90 Å². The first-order chi connectivity index (χ1) is 7.38. The third-order valence-electron chi connectivity index (χ3n) is 3.16. The summed E-state index contributed by atoms with van der Waals surface area (Å²) in [6.45, 7) is 9.42. The van der Waals surface area contributed by atoms with Crippen molar-refractivity contribution in [2.24, 2.45) is 0 Å². The summed E-state index contributed by atoms with van der Waals surface area (Å²) >= 11 is 0. The van der Waals surface area contributed by atoms with Gasteiger partial charge in [0.2, 0.25) is 0 Å². The van der Waals surface area contributed by atoms with Crippen molar-refractivity contribution in [3.8, 4) is 0 Å². The van der Waals surface area contributed by atoms with Crippen LogP contribution in [0, 0.1) is 0 Å². The van der Waals surface area contributed by atoms with Gasteiger partial charge in [-0.25, -0.2) is 0 Å². The van der Waals surface area contributed by atoms with Crippen molar-refractivity contribution in [2.75, 3.05) is 32.7 Å². The highest BCUT2D eigenvalue weighted by Crippen LogP contribution is 2.07. The average Bonchev–Trinajstić information content (AvgIpc) is 2.31. The highest BCUT2D eigenvalue weighted by atomic mass is 15.3. The lowest BCUT2D eigenvalue weighted by Crippen LogP contribution is -2.45. The number of rotatable bonds is 3. The minimum absolute atomic E-state index is 0. The molecule has 0 aromatic heterocycles. The molecule has 16 heavy (non-hydrogen) atoms. The number of likely N-dealkylation sites (N-methyl/N-ethyl adjacent to an activating group) is 1. The van der Waals surface area contributed by atoms with Gasteiger partial charge in [0.25, 0.3) is 0 Å². The first-order valence-corrected chi connectivity index (χ1v) is 5.87. The molecule has 1 heterocycles. The van der Waals surface area contributed by atoms with E-state index in [4.69, 9.17) is 0 Å². The fourth-order valence-electron chi connectivity index (χ4n) is 2.11. The molecule has 1 fully saturated rings. The van der Waals surface area contributed by atoms with E-state index in [2.05, 4.69) is 47.1 Å². The molecule has 0 N–H and O–H groups in total. The fraction of sp³-hybridized carbons (Fsp3) is 0.571. The topological polar surface area (TPSA) is 6.48 Å². The lowest BCUT2D eigenvalue weighted by Gasteiger charge is -2.34. The van der Waals surface area contributed by atoms with Crippen LogP contribution in [-0.2, 0) is 6.54 Å². The Kier molecular flexibility index (Phi) is 5.50. The lowest BCUT2D eigenvalue weighted by molar-refractivity contribution is 0.132. The summed E-state index contributed by atoms with van der Waals surface area (Å²) in [5.74, 6) is 0. The van der Waals surface area contributed by atoms with Crippen molar-refractivity contribution >= 4 is 0 Å². The fourth-order valence-corrected chi connectivity index (χ4v) is 2.11. The molecule has 2 rings (SSSR count). The zero-order chi connectivity index (χ0) is 10.5. The van der Waals surface area contributed by atoms with Crippen LogP contribution in [0.5, 0.6) is 0 Å². The van der Waals surface area contributed by atoms with Gasteiger partial charge in [-0.05, 0) is 12.1 Å². The van der Waals surface area contributed by atoms with E-state index < -0.39 is 0 Å². The van der Waals surface area contributed by atoms with Crippen molar-refractivity contribution in [1.29, 1.82) is 0 Å². The molecule has 0 aliphatic carbocycles. The molecule has 90 valence electrons. The van der Waals surface area contributed by atoms with E-state index in [1.165, 1.54) is 38.3 Å². The number of piperazine rings is 1. The van der Waals surface area contributed by atoms with Gasteiger partial charge in [-0.15, -0.1) is 0 Å². The maximum absolute atomic E-state index is 2.54. The number of hydrogen-bond acceptors (Lipinski definition) is 2. The molecule has 0 amide bonds. The van der Waals surface area contributed by atoms with Crippen molar-refractivity contribution in [3.05, 3.63) is 35.9 Å². The van der Waals surface area contributed by atoms with E-state index in [9.17, 15) is 0 Å². The summed E-state index contributed by atoms with van der Waals surface area (Å²) in [6, 6.07) is 10.8. The molecule has 0 saturated carbocycles. The van der Waals surface area contributed by atoms with Crippen LogP contribution < -0.4 is 0 Å². The van der Waals surface area contributed by atoms with Gasteiger partial charge in [-0.3, -0.25) is 4.90 Å². The van der Waals surface area contributed by atoms with Gasteiger partial charge in [0.15, 0.2) is 0 Å². The second-order valence-electron chi connectivity index (χ2n) is 4.20. The molecule has 0 spiro atoms. The molecule has 1 aromatic carbocycles. The van der Waals surface area contributed by atoms with Gasteiger partial charge in [-0.1, -0.05) is 44.7 Å². The monoisotopic (exact) mass is 220 g/mol. The summed E-state index contributed by atoms with van der Waals surface area (Å²) in [5, 5.41) is 0. The molecule has 1 aliphatic heterocycles. The van der Waals surface area contributed by atoms with E-state index in [-0.39, 0.29) is 7.43 Å². The Morgan fingerprint density at radius 3 is 2.06 bits per heavy atom. The van der Waals surface area contributed by atoms with Crippen LogP contribution in [0.2, 0.25) is 0 Å². The predicted octanol–water partition coefficient (Wildman–Crippen LogP) is 2.46. The lowest BCUT2D eigenvalue weighted by atomic mass is 10.2. The zero-order valence-corrected chi connectivity index (χ0v) is 9.52. The summed E-state index contributed by atoms with van der Waals surface area (Å²) in [4.78, 5) is 5.06. The van der Waals surface area contributed by atoms with Gasteiger partial charge in [0, 0.05) is 32.7 Å². The number of nitrogens with zero attached hydrogens (tertiary/aromatic N) is 2. The highest BCUT2D eigenvalue weighted by molar-refractivity contribution is 5.14. The molecule has 0 bridgehead atoms. The van der Waals surface area contributed by atoms with E-state index in [1.807, 2.05) is 0 Å². The van der Waals surface area contributed by atoms with E-state index in [1.54, 1.807) is 0 Å². The van der Waals surface area contributed by atoms with Crippen LogP contribution in [0.3, 0.4) is 0 Å². The number of hydrogen-bond donors (Lipinski definition) is 0. The Labute approximate surface area is 99.9 Å². The zero-order valence-electron chi connectivity index (χ0n) is 9.52. The molecule has 2 nitrogen and oxygen atoms in total. The maximum atomic E-state index is 2.54. The number of benzene rings is 1. The van der Waals surface area contributed by atoms with Crippen LogP contribution in [0.4, 0.5) is 0 Å². The third kappa shape index (κ3) is 3.62. The smallest absolute Gasteiger partial charge is 0.0234 e. The van der Waals surface area contributed by atoms with Gasteiger partial charge in [0.1, 0.15) is 0 Å². The molecular formula is C14H24N2. The molecule has 1 aliphatic rings. The first-order valence-electron chi connectivity index (χ1n) is 5.87. The normalized spacial score (nSPS) is 18.1. The van der Waals surface area contributed by atoms with Gasteiger partial charge in [0.05, 0.1) is 0 Å². The van der Waals surface area contributed by atoms with E-state index in [0.29, 0.717) is 0 Å². The third-order valence-corrected chi connectivity index (χ3v) is 3.16. The van der Waals surface area contributed by atoms with Crippen LogP contribution in [0.1, 0.15) is 19.9 Å². The van der Waals surface area contributed by atoms with Crippen LogP contribution in [0.15, 0.2) is 30.3 Å². The molecule has 0 unspecified atom stereocenters. The molecule has 2 heteroatoms. The van der Waals surface area contributed by atoms with Crippen molar-refractivity contribution < 1.29 is 0 Å².